The van der Waals surface area contributed by atoms with Crippen molar-refractivity contribution in [3.63, 3.8) is 0 Å². The molecule has 3 fully saturated rings. The van der Waals surface area contributed by atoms with Gasteiger partial charge in [0.1, 0.15) is 6.10 Å². The highest BCUT2D eigenvalue weighted by molar-refractivity contribution is 5.75. The minimum atomic E-state index is -1.24. The molecule has 0 aromatic heterocycles. The molecule has 240 valence electrons. The molecule has 2 saturated carbocycles. The summed E-state index contributed by atoms with van der Waals surface area (Å²) < 4.78 is 99.3. The quantitative estimate of drug-likeness (QED) is 0.108. The molecule has 0 amide bonds. The number of ether oxygens (including phenoxy) is 2. The van der Waals surface area contributed by atoms with E-state index in [4.69, 9.17) is 9.47 Å². The van der Waals surface area contributed by atoms with Gasteiger partial charge in [-0.3, -0.25) is 4.79 Å². The first-order valence-corrected chi connectivity index (χ1v) is 15.9. The Labute approximate surface area is 258 Å². The van der Waals surface area contributed by atoms with Crippen LogP contribution in [0.15, 0.2) is 36.4 Å². The number of halogens is 6. The van der Waals surface area contributed by atoms with E-state index in [1.165, 1.54) is 12.1 Å². The van der Waals surface area contributed by atoms with Gasteiger partial charge in [0.05, 0.1) is 12.5 Å². The van der Waals surface area contributed by atoms with E-state index < -0.39 is 58.6 Å². The number of carbonyl (C=O) groups excluding carboxylic acids is 1. The summed E-state index contributed by atoms with van der Waals surface area (Å²) in [6, 6.07) is 9.08. The van der Waals surface area contributed by atoms with E-state index >= 15 is 8.78 Å². The molecule has 9 heteroatoms. The first-order valence-electron chi connectivity index (χ1n) is 15.9. The molecular weight excluding hydrogens is 594 g/mol. The van der Waals surface area contributed by atoms with Crippen molar-refractivity contribution in [3.8, 4) is 5.75 Å². The first kappa shape index (κ1) is 31.6. The Morgan fingerprint density at radius 2 is 1.09 bits per heavy atom. The molecule has 1 unspecified atom stereocenters. The lowest BCUT2D eigenvalue weighted by Crippen LogP contribution is -2.26. The molecule has 3 aliphatic rings. The molecule has 3 aromatic carbocycles. The van der Waals surface area contributed by atoms with Crippen LogP contribution in [-0.2, 0) is 16.0 Å². The molecule has 1 heterocycles. The Kier molecular flexibility index (Phi) is 9.27. The van der Waals surface area contributed by atoms with Gasteiger partial charge in [0.15, 0.2) is 34.8 Å². The molecular formula is C36H36F6O3. The average molecular weight is 631 g/mol. The predicted octanol–water partition coefficient (Wildman–Crippen LogP) is 9.87. The number of carbonyl (C=O) groups is 1. The Bertz CT molecular complexity index is 1570. The minimum absolute atomic E-state index is 0.165. The van der Waals surface area contributed by atoms with E-state index in [1.54, 1.807) is 24.3 Å². The van der Waals surface area contributed by atoms with Crippen molar-refractivity contribution in [1.29, 1.82) is 0 Å². The van der Waals surface area contributed by atoms with Gasteiger partial charge in [-0.15, -0.1) is 0 Å². The molecule has 1 aliphatic heterocycles. The normalized spacial score (nSPS) is 24.8. The standard InChI is InChI=1S/C36H36F6O3/c1-2-3-22-12-13-24(31(38)30(22)37)21-8-10-23(11-9-21)36(43)45-28-17-16-26(33(40)35(28)42)20-6-4-19(5-7-20)25-14-15-27(29-18-44-29)34(41)32(25)39/h12-17,19-21,23,29H,2-11,18H2,1H3. The zero-order chi connectivity index (χ0) is 31.8. The van der Waals surface area contributed by atoms with Crippen LogP contribution >= 0.6 is 0 Å². The Morgan fingerprint density at radius 3 is 1.64 bits per heavy atom. The monoisotopic (exact) mass is 630 g/mol. The van der Waals surface area contributed by atoms with Crippen molar-refractivity contribution in [1.82, 2.24) is 0 Å². The summed E-state index contributed by atoms with van der Waals surface area (Å²) in [6.07, 6.45) is 4.26. The summed E-state index contributed by atoms with van der Waals surface area (Å²) in [5, 5.41) is 0. The second-order valence-corrected chi connectivity index (χ2v) is 12.7. The van der Waals surface area contributed by atoms with Gasteiger partial charge in [-0.05, 0) is 104 Å². The van der Waals surface area contributed by atoms with Crippen molar-refractivity contribution in [2.45, 2.75) is 95.0 Å². The number of hydrogen-bond donors (Lipinski definition) is 0. The second-order valence-electron chi connectivity index (χ2n) is 12.7. The third-order valence-corrected chi connectivity index (χ3v) is 9.93. The van der Waals surface area contributed by atoms with Crippen LogP contribution in [0.3, 0.4) is 0 Å². The fourth-order valence-corrected chi connectivity index (χ4v) is 7.24. The summed E-state index contributed by atoms with van der Waals surface area (Å²) in [4.78, 5) is 12.9. The molecule has 3 nitrogen and oxygen atoms in total. The molecule has 0 bridgehead atoms. The third-order valence-electron chi connectivity index (χ3n) is 9.93. The van der Waals surface area contributed by atoms with Crippen LogP contribution in [0.1, 0.15) is 116 Å². The van der Waals surface area contributed by atoms with Crippen molar-refractivity contribution < 1.29 is 40.6 Å². The van der Waals surface area contributed by atoms with Crippen LogP contribution in [0.4, 0.5) is 26.3 Å². The Balaban J connectivity index is 1.05. The molecule has 6 rings (SSSR count). The van der Waals surface area contributed by atoms with Gasteiger partial charge in [0.2, 0.25) is 5.82 Å². The largest absolute Gasteiger partial charge is 0.423 e. The molecule has 0 N–H and O–H groups in total. The van der Waals surface area contributed by atoms with E-state index in [0.29, 0.717) is 87.5 Å². The maximum Gasteiger partial charge on any atom is 0.314 e. The molecule has 1 atom stereocenters. The molecule has 2 aliphatic carbocycles. The van der Waals surface area contributed by atoms with Gasteiger partial charge in [0, 0.05) is 5.56 Å². The van der Waals surface area contributed by atoms with Gasteiger partial charge in [-0.25, -0.2) is 22.0 Å². The average Bonchev–Trinajstić information content (AvgIpc) is 3.89. The van der Waals surface area contributed by atoms with E-state index in [0.717, 1.165) is 0 Å². The zero-order valence-corrected chi connectivity index (χ0v) is 25.1. The van der Waals surface area contributed by atoms with Crippen LogP contribution in [0.25, 0.3) is 0 Å². The van der Waals surface area contributed by atoms with Gasteiger partial charge in [-0.2, -0.15) is 4.39 Å². The number of rotatable bonds is 8. The molecule has 1 saturated heterocycles. The lowest BCUT2D eigenvalue weighted by atomic mass is 9.75. The smallest absolute Gasteiger partial charge is 0.314 e. The summed E-state index contributed by atoms with van der Waals surface area (Å²) in [5.74, 6) is -8.26. The molecule has 0 radical (unpaired) electrons. The Hall–Kier alpha value is -3.33. The van der Waals surface area contributed by atoms with E-state index in [2.05, 4.69) is 0 Å². The van der Waals surface area contributed by atoms with Crippen LogP contribution < -0.4 is 4.74 Å². The third kappa shape index (κ3) is 6.38. The topological polar surface area (TPSA) is 38.8 Å². The summed E-state index contributed by atoms with van der Waals surface area (Å²) in [7, 11) is 0. The summed E-state index contributed by atoms with van der Waals surface area (Å²) in [6.45, 7) is 2.27. The number of esters is 1. The van der Waals surface area contributed by atoms with E-state index in [1.807, 2.05) is 6.92 Å². The first-order chi connectivity index (χ1) is 21.7. The number of hydrogen-bond acceptors (Lipinski definition) is 3. The van der Waals surface area contributed by atoms with Gasteiger partial charge in [-0.1, -0.05) is 43.7 Å². The summed E-state index contributed by atoms with van der Waals surface area (Å²) in [5.41, 5.74) is 1.33. The zero-order valence-electron chi connectivity index (χ0n) is 25.1. The van der Waals surface area contributed by atoms with Crippen LogP contribution in [0.5, 0.6) is 5.75 Å². The number of benzene rings is 3. The SMILES string of the molecule is CCCc1ccc(C2CCC(C(=O)Oc3ccc(C4CCC(c5ccc(C6CO6)c(F)c5F)CC4)c(F)c3F)CC2)c(F)c1F. The number of aryl methyl sites for hydroxylation is 1. The lowest BCUT2D eigenvalue weighted by Gasteiger charge is -2.30. The van der Waals surface area contributed by atoms with E-state index in [-0.39, 0.29) is 28.9 Å². The summed E-state index contributed by atoms with van der Waals surface area (Å²) >= 11 is 0. The molecule has 3 aromatic rings. The highest BCUT2D eigenvalue weighted by atomic mass is 19.2. The van der Waals surface area contributed by atoms with Gasteiger partial charge < -0.3 is 9.47 Å². The van der Waals surface area contributed by atoms with E-state index in [9.17, 15) is 22.4 Å². The minimum Gasteiger partial charge on any atom is -0.423 e. The maximum absolute atomic E-state index is 15.2. The van der Waals surface area contributed by atoms with Crippen molar-refractivity contribution in [2.24, 2.45) is 5.92 Å². The second kappa shape index (κ2) is 13.2. The fourth-order valence-electron chi connectivity index (χ4n) is 7.24. The fraction of sp³-hybridized carbons (Fsp3) is 0.472. The van der Waals surface area contributed by atoms with Gasteiger partial charge >= 0.3 is 5.97 Å². The van der Waals surface area contributed by atoms with Crippen LogP contribution in [0, 0.1) is 40.8 Å². The predicted molar refractivity (Wildman–Crippen MR) is 156 cm³/mol. The molecule has 0 spiro atoms. The highest BCUT2D eigenvalue weighted by Gasteiger charge is 2.34. The molecule has 45 heavy (non-hydrogen) atoms. The van der Waals surface area contributed by atoms with Crippen molar-refractivity contribution >= 4 is 5.97 Å². The number of epoxide rings is 1. The van der Waals surface area contributed by atoms with Crippen molar-refractivity contribution in [2.75, 3.05) is 6.61 Å². The van der Waals surface area contributed by atoms with Crippen LogP contribution in [0.2, 0.25) is 0 Å². The van der Waals surface area contributed by atoms with Crippen molar-refractivity contribution in [3.05, 3.63) is 99.1 Å². The van der Waals surface area contributed by atoms with Gasteiger partial charge in [0.25, 0.3) is 0 Å². The Morgan fingerprint density at radius 1 is 0.644 bits per heavy atom. The lowest BCUT2D eigenvalue weighted by molar-refractivity contribution is -0.140. The maximum atomic E-state index is 15.2. The van der Waals surface area contributed by atoms with Crippen LogP contribution in [-0.4, -0.2) is 12.6 Å². The highest BCUT2D eigenvalue weighted by Crippen LogP contribution is 2.44.